The number of rotatable bonds is 5. The third-order valence-electron chi connectivity index (χ3n) is 3.00. The minimum absolute atomic E-state index is 0.0249. The molecule has 0 aliphatic heterocycles. The van der Waals surface area contributed by atoms with Crippen molar-refractivity contribution >= 4 is 41.9 Å². The molecule has 1 aromatic carbocycles. The molecule has 0 spiro atoms. The predicted octanol–water partition coefficient (Wildman–Crippen LogP) is 1.12. The van der Waals surface area contributed by atoms with E-state index in [9.17, 15) is 21.6 Å². The predicted molar refractivity (Wildman–Crippen MR) is 86.6 cm³/mol. The number of carbonyl (C=O) groups is 1. The molecule has 1 aromatic rings. The Hall–Kier alpha value is -0.970. The number of halogens is 1. The van der Waals surface area contributed by atoms with Crippen molar-refractivity contribution in [1.29, 1.82) is 0 Å². The van der Waals surface area contributed by atoms with Crippen LogP contribution in [0.15, 0.2) is 27.6 Å². The van der Waals surface area contributed by atoms with Gasteiger partial charge in [-0.3, -0.25) is 4.79 Å². The number of benzene rings is 1. The molecule has 0 aliphatic carbocycles. The number of nitrogens with zero attached hydrogens (tertiary/aromatic N) is 2. The molecule has 0 saturated carbocycles. The zero-order valence-corrected chi connectivity index (χ0v) is 15.8. The van der Waals surface area contributed by atoms with Crippen molar-refractivity contribution in [2.45, 2.75) is 11.8 Å². The summed E-state index contributed by atoms with van der Waals surface area (Å²) in [6.07, 6.45) is 0. The molecule has 0 saturated heterocycles. The van der Waals surface area contributed by atoms with Gasteiger partial charge in [-0.05, 0) is 41.1 Å². The maximum absolute atomic E-state index is 12.2. The van der Waals surface area contributed by atoms with E-state index in [-0.39, 0.29) is 16.2 Å². The Morgan fingerprint density at radius 1 is 1.14 bits per heavy atom. The molecule has 7 nitrogen and oxygen atoms in total. The van der Waals surface area contributed by atoms with Gasteiger partial charge >= 0.3 is 0 Å². The molecular weight excluding hydrogens is 396 g/mol. The lowest BCUT2D eigenvalue weighted by atomic mass is 10.2. The molecule has 10 heteroatoms. The Bertz CT molecular complexity index is 788. The first-order valence-corrected chi connectivity index (χ1v) is 10.0. The molecular formula is C12H17BrN2O5S2. The van der Waals surface area contributed by atoms with Crippen molar-refractivity contribution in [3.05, 3.63) is 28.2 Å². The molecule has 0 radical (unpaired) electrons. The summed E-state index contributed by atoms with van der Waals surface area (Å²) in [4.78, 5) is 12.1. The highest BCUT2D eigenvalue weighted by Gasteiger charge is 2.26. The van der Waals surface area contributed by atoms with Crippen molar-refractivity contribution in [2.24, 2.45) is 0 Å². The molecule has 22 heavy (non-hydrogen) atoms. The van der Waals surface area contributed by atoms with Gasteiger partial charge in [-0.25, -0.2) is 25.4 Å². The Morgan fingerprint density at radius 3 is 2.14 bits per heavy atom. The summed E-state index contributed by atoms with van der Waals surface area (Å²) in [6.45, 7) is 1.42. The molecule has 1 rings (SSSR count). The van der Waals surface area contributed by atoms with Crippen LogP contribution in [-0.4, -0.2) is 58.2 Å². The fraction of sp³-hybridized carbons (Fsp3) is 0.417. The largest absolute Gasteiger partial charge is 0.268 e. The lowest BCUT2D eigenvalue weighted by Gasteiger charge is -2.18. The molecule has 1 amide bonds. The number of amides is 1. The van der Waals surface area contributed by atoms with Gasteiger partial charge in [-0.1, -0.05) is 0 Å². The molecule has 0 fully saturated rings. The van der Waals surface area contributed by atoms with Crippen LogP contribution in [0.5, 0.6) is 0 Å². The highest BCUT2D eigenvalue weighted by molar-refractivity contribution is 9.10. The van der Waals surface area contributed by atoms with Crippen LogP contribution in [0.3, 0.4) is 0 Å². The van der Waals surface area contributed by atoms with Crippen molar-refractivity contribution in [1.82, 2.24) is 8.61 Å². The van der Waals surface area contributed by atoms with Crippen LogP contribution in [-0.2, 0) is 20.0 Å². The first kappa shape index (κ1) is 19.1. The van der Waals surface area contributed by atoms with Crippen molar-refractivity contribution in [2.75, 3.05) is 26.9 Å². The van der Waals surface area contributed by atoms with Gasteiger partial charge in [0.15, 0.2) is 0 Å². The average Bonchev–Trinajstić information content (AvgIpc) is 2.45. The summed E-state index contributed by atoms with van der Waals surface area (Å²) < 4.78 is 49.8. The molecule has 0 unspecified atom stereocenters. The topological polar surface area (TPSA) is 91.8 Å². The van der Waals surface area contributed by atoms with E-state index in [4.69, 9.17) is 0 Å². The minimum atomic E-state index is -3.76. The van der Waals surface area contributed by atoms with Crippen molar-refractivity contribution in [3.8, 4) is 0 Å². The summed E-state index contributed by atoms with van der Waals surface area (Å²) in [5, 5.41) is 0. The standard InChI is InChI=1S/C12H17BrN2O5S2/c1-5-21(17,18)15(4)12(16)9-6-7-10(13)11(8-9)22(19,20)14(2)3/h6-8H,5H2,1-4H3. The van der Waals surface area contributed by atoms with Crippen LogP contribution in [0.1, 0.15) is 17.3 Å². The van der Waals surface area contributed by atoms with Gasteiger partial charge in [0.1, 0.15) is 0 Å². The van der Waals surface area contributed by atoms with Crippen LogP contribution in [0.25, 0.3) is 0 Å². The van der Waals surface area contributed by atoms with Gasteiger partial charge in [-0.15, -0.1) is 0 Å². The van der Waals surface area contributed by atoms with Crippen molar-refractivity contribution in [3.63, 3.8) is 0 Å². The second-order valence-electron chi connectivity index (χ2n) is 4.61. The number of carbonyl (C=O) groups excluding carboxylic acids is 1. The molecule has 0 atom stereocenters. The molecule has 0 N–H and O–H groups in total. The highest BCUT2D eigenvalue weighted by Crippen LogP contribution is 2.26. The first-order valence-electron chi connectivity index (χ1n) is 6.18. The first-order chi connectivity index (χ1) is 9.95. The fourth-order valence-electron chi connectivity index (χ4n) is 1.53. The molecule has 0 aromatic heterocycles. The van der Waals surface area contributed by atoms with E-state index >= 15 is 0 Å². The van der Waals surface area contributed by atoms with E-state index in [2.05, 4.69) is 15.9 Å². The van der Waals surface area contributed by atoms with Gasteiger partial charge < -0.3 is 0 Å². The third-order valence-corrected chi connectivity index (χ3v) is 7.54. The van der Waals surface area contributed by atoms with Crippen molar-refractivity contribution < 1.29 is 21.6 Å². The fourth-order valence-corrected chi connectivity index (χ4v) is 4.12. The second kappa shape index (κ2) is 6.65. The van der Waals surface area contributed by atoms with Crippen LogP contribution in [0.4, 0.5) is 0 Å². The van der Waals surface area contributed by atoms with E-state index in [1.165, 1.54) is 33.2 Å². The second-order valence-corrected chi connectivity index (χ2v) is 9.87. The Morgan fingerprint density at radius 2 is 1.68 bits per heavy atom. The smallest absolute Gasteiger partial charge is 0.267 e. The molecule has 124 valence electrons. The van der Waals surface area contributed by atoms with E-state index < -0.39 is 26.0 Å². The summed E-state index contributed by atoms with van der Waals surface area (Å²) in [7, 11) is -3.60. The Labute approximate surface area is 139 Å². The summed E-state index contributed by atoms with van der Waals surface area (Å²) in [6, 6.07) is 3.92. The van der Waals surface area contributed by atoms with Gasteiger partial charge in [0.05, 0.1) is 10.6 Å². The van der Waals surface area contributed by atoms with E-state index in [1.807, 2.05) is 0 Å². The normalized spacial score (nSPS) is 12.5. The molecule has 0 heterocycles. The summed E-state index contributed by atoms with van der Waals surface area (Å²) in [5.41, 5.74) is -0.0249. The maximum Gasteiger partial charge on any atom is 0.267 e. The Balaban J connectivity index is 3.40. The third kappa shape index (κ3) is 3.67. The van der Waals surface area contributed by atoms with Crippen LogP contribution in [0.2, 0.25) is 0 Å². The van der Waals surface area contributed by atoms with E-state index in [1.54, 1.807) is 0 Å². The summed E-state index contributed by atoms with van der Waals surface area (Å²) >= 11 is 3.12. The van der Waals surface area contributed by atoms with Gasteiger partial charge in [-0.2, -0.15) is 0 Å². The van der Waals surface area contributed by atoms with Crippen LogP contribution in [0, 0.1) is 0 Å². The lowest BCUT2D eigenvalue weighted by molar-refractivity contribution is 0.0883. The zero-order valence-electron chi connectivity index (χ0n) is 12.6. The van der Waals surface area contributed by atoms with Gasteiger partial charge in [0, 0.05) is 31.2 Å². The lowest BCUT2D eigenvalue weighted by Crippen LogP contribution is -2.34. The highest BCUT2D eigenvalue weighted by atomic mass is 79.9. The SMILES string of the molecule is CCS(=O)(=O)N(C)C(=O)c1ccc(Br)c(S(=O)(=O)N(C)C)c1. The number of hydrogen-bond acceptors (Lipinski definition) is 5. The number of sulfonamides is 2. The van der Waals surface area contributed by atoms with Gasteiger partial charge in [0.2, 0.25) is 20.0 Å². The molecule has 0 aliphatic rings. The maximum atomic E-state index is 12.2. The number of hydrogen-bond donors (Lipinski definition) is 0. The van der Waals surface area contributed by atoms with E-state index in [0.717, 1.165) is 17.4 Å². The van der Waals surface area contributed by atoms with E-state index in [0.29, 0.717) is 8.78 Å². The van der Waals surface area contributed by atoms with Crippen LogP contribution < -0.4 is 0 Å². The summed E-state index contributed by atoms with van der Waals surface area (Å²) in [5.74, 6) is -1.02. The molecule has 0 bridgehead atoms. The minimum Gasteiger partial charge on any atom is -0.268 e. The van der Waals surface area contributed by atoms with Crippen LogP contribution >= 0.6 is 15.9 Å². The zero-order chi connectivity index (χ0) is 17.3. The Kier molecular flexibility index (Phi) is 5.77. The monoisotopic (exact) mass is 412 g/mol. The van der Waals surface area contributed by atoms with Gasteiger partial charge in [0.25, 0.3) is 5.91 Å². The average molecular weight is 413 g/mol. The quantitative estimate of drug-likeness (QED) is 0.722.